The van der Waals surface area contributed by atoms with Crippen molar-refractivity contribution in [2.75, 3.05) is 12.3 Å². The molecule has 3 rings (SSSR count). The molecule has 0 spiro atoms. The Kier molecular flexibility index (Phi) is 4.15. The smallest absolute Gasteiger partial charge is 0.302 e. The van der Waals surface area contributed by atoms with E-state index in [-0.39, 0.29) is 34.7 Å². The Morgan fingerprint density at radius 2 is 2.25 bits per heavy atom. The molecule has 4 N–H and O–H groups in total. The predicted molar refractivity (Wildman–Crippen MR) is 86.0 cm³/mol. The lowest BCUT2D eigenvalue weighted by Gasteiger charge is -2.14. The molecule has 1 fully saturated rings. The molecule has 0 radical (unpaired) electrons. The molecule has 0 saturated carbocycles. The van der Waals surface area contributed by atoms with Gasteiger partial charge in [0.15, 0.2) is 28.2 Å². The van der Waals surface area contributed by atoms with Gasteiger partial charge in [-0.3, -0.25) is 9.59 Å². The van der Waals surface area contributed by atoms with E-state index in [0.29, 0.717) is 12.8 Å². The number of esters is 1. The van der Waals surface area contributed by atoms with E-state index in [9.17, 15) is 9.59 Å². The van der Waals surface area contributed by atoms with Gasteiger partial charge in [0.1, 0.15) is 6.61 Å². The van der Waals surface area contributed by atoms with Gasteiger partial charge in [-0.05, 0) is 25.1 Å². The summed E-state index contributed by atoms with van der Waals surface area (Å²) in [6, 6.07) is 0. The monoisotopic (exact) mass is 353 g/mol. The summed E-state index contributed by atoms with van der Waals surface area (Å²) in [5.41, 5.74) is 10.9. The number of anilines is 1. The molecule has 3 heterocycles. The summed E-state index contributed by atoms with van der Waals surface area (Å²) in [4.78, 5) is 23.5. The first-order valence-corrected chi connectivity index (χ1v) is 7.51. The number of nitrogens with two attached hydrogens (primary N) is 2. The highest BCUT2D eigenvalue weighted by atomic mass is 32.1. The summed E-state index contributed by atoms with van der Waals surface area (Å²) in [5.74, 6) is -0.383. The largest absolute Gasteiger partial charge is 0.463 e. The van der Waals surface area contributed by atoms with Gasteiger partial charge in [0.2, 0.25) is 0 Å². The third-order valence-corrected chi connectivity index (χ3v) is 3.75. The van der Waals surface area contributed by atoms with E-state index < -0.39 is 17.8 Å². The minimum absolute atomic E-state index is 0.00891. The van der Waals surface area contributed by atoms with Gasteiger partial charge >= 0.3 is 5.97 Å². The van der Waals surface area contributed by atoms with Crippen molar-refractivity contribution in [3.63, 3.8) is 0 Å². The molecular weight excluding hydrogens is 338 g/mol. The molecule has 0 aromatic carbocycles. The topological polar surface area (TPSA) is 153 Å². The van der Waals surface area contributed by atoms with Crippen LogP contribution in [-0.4, -0.2) is 48.6 Å². The third-order valence-electron chi connectivity index (χ3n) is 3.58. The first-order chi connectivity index (χ1) is 11.4. The fraction of sp³-hybridized carbons (Fsp3) is 0.500. The van der Waals surface area contributed by atoms with Gasteiger partial charge < -0.3 is 20.9 Å². The van der Waals surface area contributed by atoms with Gasteiger partial charge in [0.05, 0.1) is 6.10 Å². The molecule has 0 bridgehead atoms. The molecule has 2 aromatic rings. The zero-order chi connectivity index (χ0) is 17.4. The number of nitrogen functional groups attached to an aromatic ring is 1. The van der Waals surface area contributed by atoms with Crippen LogP contribution < -0.4 is 17.0 Å². The van der Waals surface area contributed by atoms with Crippen LogP contribution in [0.3, 0.4) is 0 Å². The van der Waals surface area contributed by atoms with Crippen molar-refractivity contribution in [2.24, 2.45) is 5.73 Å². The Balaban J connectivity index is 1.93. The van der Waals surface area contributed by atoms with Crippen molar-refractivity contribution in [3.05, 3.63) is 10.4 Å². The summed E-state index contributed by atoms with van der Waals surface area (Å²) in [6.07, 6.45) is 0.184. The van der Waals surface area contributed by atoms with Crippen molar-refractivity contribution in [2.45, 2.75) is 32.1 Å². The summed E-state index contributed by atoms with van der Waals surface area (Å²) in [5, 5.41) is 11.5. The first-order valence-electron chi connectivity index (χ1n) is 7.10. The van der Waals surface area contributed by atoms with Crippen molar-refractivity contribution in [1.29, 1.82) is 0 Å². The van der Waals surface area contributed by atoms with Crippen LogP contribution in [-0.2, 0) is 14.3 Å². The Morgan fingerprint density at radius 1 is 1.50 bits per heavy atom. The maximum atomic E-state index is 12.7. The van der Waals surface area contributed by atoms with Crippen LogP contribution in [0.15, 0.2) is 4.79 Å². The number of carbonyl (C=O) groups is 1. The van der Waals surface area contributed by atoms with E-state index >= 15 is 0 Å². The van der Waals surface area contributed by atoms with E-state index in [1.165, 1.54) is 6.92 Å². The standard InChI is InChI=1S/C12H15N7O4S/c1-5(20)22-4-6-2-3-7(23-6)18-11(21)9-8(15-17-18)10(13)16-19(9)12(14)24/h6-7H,2-4H2,1H3,(H2,13,16)(H2,14,24). The molecule has 1 aliphatic heterocycles. The number of rotatable bonds is 3. The molecule has 0 amide bonds. The Hall–Kier alpha value is -2.60. The summed E-state index contributed by atoms with van der Waals surface area (Å²) in [6.45, 7) is 1.44. The maximum Gasteiger partial charge on any atom is 0.302 e. The lowest BCUT2D eigenvalue weighted by molar-refractivity contribution is -0.145. The van der Waals surface area contributed by atoms with Crippen LogP contribution in [0.4, 0.5) is 5.82 Å². The molecule has 1 aliphatic rings. The Bertz CT molecular complexity index is 876. The van der Waals surface area contributed by atoms with Crippen LogP contribution >= 0.6 is 12.2 Å². The zero-order valence-electron chi connectivity index (χ0n) is 12.7. The second-order valence-electron chi connectivity index (χ2n) is 5.26. The van der Waals surface area contributed by atoms with Gasteiger partial charge in [0.25, 0.3) is 5.56 Å². The van der Waals surface area contributed by atoms with Gasteiger partial charge in [-0.15, -0.1) is 10.2 Å². The highest BCUT2D eigenvalue weighted by Gasteiger charge is 2.30. The van der Waals surface area contributed by atoms with E-state index in [1.807, 2.05) is 0 Å². The van der Waals surface area contributed by atoms with E-state index in [0.717, 1.165) is 9.36 Å². The lowest BCUT2D eigenvalue weighted by atomic mass is 10.2. The molecule has 2 aromatic heterocycles. The van der Waals surface area contributed by atoms with Crippen molar-refractivity contribution in [1.82, 2.24) is 24.8 Å². The Labute approximate surface area is 140 Å². The van der Waals surface area contributed by atoms with E-state index in [2.05, 4.69) is 15.4 Å². The van der Waals surface area contributed by atoms with Gasteiger partial charge in [-0.1, -0.05) is 5.21 Å². The zero-order valence-corrected chi connectivity index (χ0v) is 13.5. The van der Waals surface area contributed by atoms with Crippen LogP contribution in [0, 0.1) is 0 Å². The number of hydrogen-bond donors (Lipinski definition) is 2. The number of carbonyl (C=O) groups excluding carboxylic acids is 1. The molecule has 12 heteroatoms. The third kappa shape index (κ3) is 2.80. The van der Waals surface area contributed by atoms with Crippen molar-refractivity contribution < 1.29 is 14.3 Å². The normalized spacial score (nSPS) is 20.4. The minimum Gasteiger partial charge on any atom is -0.463 e. The summed E-state index contributed by atoms with van der Waals surface area (Å²) < 4.78 is 12.7. The number of nitrogens with zero attached hydrogens (tertiary/aromatic N) is 5. The lowest BCUT2D eigenvalue weighted by Crippen LogP contribution is -2.32. The van der Waals surface area contributed by atoms with Crippen LogP contribution in [0.2, 0.25) is 0 Å². The second-order valence-corrected chi connectivity index (χ2v) is 5.68. The Morgan fingerprint density at radius 3 is 2.92 bits per heavy atom. The summed E-state index contributed by atoms with van der Waals surface area (Å²) in [7, 11) is 0. The number of thiocarbonyl (C=S) groups is 1. The van der Waals surface area contributed by atoms with Crippen molar-refractivity contribution in [3.8, 4) is 0 Å². The fourth-order valence-corrected chi connectivity index (χ4v) is 2.64. The number of aromatic nitrogens is 5. The minimum atomic E-state index is -0.633. The highest BCUT2D eigenvalue weighted by molar-refractivity contribution is 7.80. The van der Waals surface area contributed by atoms with Gasteiger partial charge in [-0.2, -0.15) is 9.36 Å². The molecule has 128 valence electrons. The van der Waals surface area contributed by atoms with E-state index in [4.69, 9.17) is 33.2 Å². The quantitative estimate of drug-likeness (QED) is 0.513. The second kappa shape index (κ2) is 6.13. The van der Waals surface area contributed by atoms with E-state index in [1.54, 1.807) is 0 Å². The predicted octanol–water partition coefficient (Wildman–Crippen LogP) is -1.10. The van der Waals surface area contributed by atoms with Crippen LogP contribution in [0.25, 0.3) is 11.0 Å². The molecule has 2 atom stereocenters. The molecule has 11 nitrogen and oxygen atoms in total. The van der Waals surface area contributed by atoms with Crippen molar-refractivity contribution >= 4 is 40.2 Å². The average Bonchev–Trinajstić information content (AvgIpc) is 3.11. The average molecular weight is 353 g/mol. The number of hydrogen-bond acceptors (Lipinski definition) is 9. The van der Waals surface area contributed by atoms with Crippen LogP contribution in [0.1, 0.15) is 26.0 Å². The summed E-state index contributed by atoms with van der Waals surface area (Å²) >= 11 is 4.86. The van der Waals surface area contributed by atoms with Gasteiger partial charge in [0, 0.05) is 6.92 Å². The number of fused-ring (bicyclic) bond motifs is 1. The SMILES string of the molecule is CC(=O)OCC1CCC(n2nnc3c(N)nn(C(N)=S)c3c2=O)O1. The molecule has 0 aliphatic carbocycles. The fourth-order valence-electron chi connectivity index (χ4n) is 2.51. The van der Waals surface area contributed by atoms with Gasteiger partial charge in [-0.25, -0.2) is 0 Å². The molecule has 24 heavy (non-hydrogen) atoms. The highest BCUT2D eigenvalue weighted by Crippen LogP contribution is 2.27. The first kappa shape index (κ1) is 16.3. The molecule has 1 saturated heterocycles. The molecular formula is C12H15N7O4S. The maximum absolute atomic E-state index is 12.7. The number of ether oxygens (including phenoxy) is 2. The van der Waals surface area contributed by atoms with Crippen LogP contribution in [0.5, 0.6) is 0 Å². The molecule has 2 unspecified atom stereocenters.